The highest BCUT2D eigenvalue weighted by Crippen LogP contribution is 2.26. The molecule has 8 heteroatoms. The molecule has 5 nitrogen and oxygen atoms in total. The summed E-state index contributed by atoms with van der Waals surface area (Å²) in [5, 5.41) is 16.9. The van der Waals surface area contributed by atoms with E-state index < -0.39 is 6.10 Å². The number of aliphatic hydroxyl groups excluding tert-OH is 1. The quantitative estimate of drug-likeness (QED) is 0.288. The molecule has 0 bridgehead atoms. The Morgan fingerprint density at radius 1 is 1.25 bits per heavy atom. The minimum atomic E-state index is -0.628. The first-order valence-electron chi connectivity index (χ1n) is 9.40. The number of hydrogen-bond donors (Lipinski definition) is 3. The maximum Gasteiger partial charge on any atom is 0.191 e. The molecule has 1 unspecified atom stereocenters. The molecule has 1 aliphatic heterocycles. The van der Waals surface area contributed by atoms with Gasteiger partial charge in [0.15, 0.2) is 5.96 Å². The lowest BCUT2D eigenvalue weighted by molar-refractivity contribution is 0.191. The molecule has 0 spiro atoms. The highest BCUT2D eigenvalue weighted by Gasteiger charge is 2.15. The van der Waals surface area contributed by atoms with Crippen LogP contribution in [0, 0.1) is 0 Å². The predicted molar refractivity (Wildman–Crippen MR) is 129 cm³/mol. The minimum absolute atomic E-state index is 0. The van der Waals surface area contributed by atoms with E-state index in [0.29, 0.717) is 10.9 Å². The van der Waals surface area contributed by atoms with Crippen molar-refractivity contribution in [3.63, 3.8) is 0 Å². The van der Waals surface area contributed by atoms with Gasteiger partial charge in [0.1, 0.15) is 6.10 Å². The number of aliphatic imine (C=N–C) groups is 1. The van der Waals surface area contributed by atoms with E-state index in [1.807, 2.05) is 13.0 Å². The number of hydrogen-bond acceptors (Lipinski definition) is 4. The first-order chi connectivity index (χ1) is 13.2. The topological polar surface area (TPSA) is 59.9 Å². The van der Waals surface area contributed by atoms with Crippen LogP contribution in [0.15, 0.2) is 41.4 Å². The Bertz CT molecular complexity index is 770. The molecule has 0 fully saturated rings. The van der Waals surface area contributed by atoms with Gasteiger partial charge in [0.05, 0.1) is 10.9 Å². The van der Waals surface area contributed by atoms with Crippen LogP contribution >= 0.6 is 46.9 Å². The van der Waals surface area contributed by atoms with Gasteiger partial charge in [-0.3, -0.25) is 9.89 Å². The molecule has 1 aliphatic rings. The van der Waals surface area contributed by atoms with Gasteiger partial charge in [-0.05, 0) is 36.6 Å². The third-order valence-corrected chi connectivity index (χ3v) is 5.95. The normalized spacial score (nSPS) is 15.5. The largest absolute Gasteiger partial charge is 0.386 e. The number of halogens is 2. The van der Waals surface area contributed by atoms with Crippen LogP contribution < -0.4 is 10.6 Å². The van der Waals surface area contributed by atoms with E-state index in [9.17, 15) is 5.11 Å². The summed E-state index contributed by atoms with van der Waals surface area (Å²) in [5.74, 6) is 0.733. The van der Waals surface area contributed by atoms with Gasteiger partial charge in [0.2, 0.25) is 0 Å². The molecule has 0 radical (unpaired) electrons. The summed E-state index contributed by atoms with van der Waals surface area (Å²) in [6.07, 6.45) is 0.483. The molecule has 28 heavy (non-hydrogen) atoms. The molecule has 0 amide bonds. The Hall–Kier alpha value is -0.870. The lowest BCUT2D eigenvalue weighted by Gasteiger charge is -2.28. The zero-order valence-electron chi connectivity index (χ0n) is 16.0. The van der Waals surface area contributed by atoms with Crippen molar-refractivity contribution in [2.75, 3.05) is 32.7 Å². The maximum absolute atomic E-state index is 10.3. The SMILES string of the molecule is CCNC(=NCC(O)c1ccc(Cl)s1)NCCN1CCc2ccccc2C1.I. The summed E-state index contributed by atoms with van der Waals surface area (Å²) in [6.45, 7) is 6.99. The maximum atomic E-state index is 10.3. The van der Waals surface area contributed by atoms with Crippen molar-refractivity contribution >= 4 is 52.9 Å². The van der Waals surface area contributed by atoms with Crippen LogP contribution in [0.25, 0.3) is 0 Å². The Morgan fingerprint density at radius 3 is 2.75 bits per heavy atom. The number of nitrogens with one attached hydrogen (secondary N) is 2. The van der Waals surface area contributed by atoms with Crippen LogP contribution in [-0.2, 0) is 13.0 Å². The Kier molecular flexibility index (Phi) is 10.0. The average molecular weight is 535 g/mol. The molecule has 154 valence electrons. The van der Waals surface area contributed by atoms with Crippen LogP contribution in [0.4, 0.5) is 0 Å². The van der Waals surface area contributed by atoms with Gasteiger partial charge in [0, 0.05) is 37.6 Å². The Labute approximate surface area is 193 Å². The standard InChI is InChI=1S/C20H27ClN4OS.HI/c1-2-22-20(24-13-17(26)18-7-8-19(21)27-18)23-10-12-25-11-9-15-5-3-4-6-16(15)14-25;/h3-8,17,26H,2,9-14H2,1H3,(H2,22,23,24);1H. The van der Waals surface area contributed by atoms with Crippen molar-refractivity contribution in [2.24, 2.45) is 4.99 Å². The van der Waals surface area contributed by atoms with E-state index in [4.69, 9.17) is 11.6 Å². The molecule has 3 N–H and O–H groups in total. The van der Waals surface area contributed by atoms with Crippen LogP contribution in [-0.4, -0.2) is 48.7 Å². The van der Waals surface area contributed by atoms with Gasteiger partial charge in [0.25, 0.3) is 0 Å². The molecule has 0 saturated heterocycles. The zero-order valence-corrected chi connectivity index (χ0v) is 19.9. The highest BCUT2D eigenvalue weighted by atomic mass is 127. The minimum Gasteiger partial charge on any atom is -0.386 e. The van der Waals surface area contributed by atoms with E-state index >= 15 is 0 Å². The van der Waals surface area contributed by atoms with Crippen molar-refractivity contribution < 1.29 is 5.11 Å². The second-order valence-electron chi connectivity index (χ2n) is 6.60. The van der Waals surface area contributed by atoms with Crippen LogP contribution in [0.5, 0.6) is 0 Å². The number of rotatable bonds is 7. The van der Waals surface area contributed by atoms with E-state index in [2.05, 4.69) is 44.8 Å². The molecule has 2 aromatic rings. The fraction of sp³-hybridized carbons (Fsp3) is 0.450. The summed E-state index contributed by atoms with van der Waals surface area (Å²) in [4.78, 5) is 7.81. The van der Waals surface area contributed by atoms with Crippen molar-refractivity contribution in [2.45, 2.75) is 26.0 Å². The van der Waals surface area contributed by atoms with E-state index in [0.717, 1.165) is 50.0 Å². The first-order valence-corrected chi connectivity index (χ1v) is 10.6. The number of aliphatic hydroxyl groups is 1. The second kappa shape index (κ2) is 12.0. The predicted octanol–water partition coefficient (Wildman–Crippen LogP) is 3.67. The molecular weight excluding hydrogens is 507 g/mol. The van der Waals surface area contributed by atoms with Crippen molar-refractivity contribution in [3.05, 3.63) is 56.7 Å². The van der Waals surface area contributed by atoms with Crippen LogP contribution in [0.2, 0.25) is 4.34 Å². The summed E-state index contributed by atoms with van der Waals surface area (Å²) in [6, 6.07) is 12.3. The number of fused-ring (bicyclic) bond motifs is 1. The number of nitrogens with zero attached hydrogens (tertiary/aromatic N) is 2. The Balaban J connectivity index is 0.00000280. The van der Waals surface area contributed by atoms with Gasteiger partial charge in [-0.1, -0.05) is 35.9 Å². The van der Waals surface area contributed by atoms with E-state index in [1.165, 1.54) is 22.5 Å². The average Bonchev–Trinajstić information content (AvgIpc) is 3.12. The molecule has 1 atom stereocenters. The van der Waals surface area contributed by atoms with E-state index in [-0.39, 0.29) is 24.0 Å². The smallest absolute Gasteiger partial charge is 0.191 e. The van der Waals surface area contributed by atoms with Gasteiger partial charge >= 0.3 is 0 Å². The number of benzene rings is 1. The fourth-order valence-electron chi connectivity index (χ4n) is 3.19. The molecular formula is C20H28ClIN4OS. The third kappa shape index (κ3) is 6.88. The molecule has 0 saturated carbocycles. The summed E-state index contributed by atoms with van der Waals surface area (Å²) >= 11 is 7.32. The monoisotopic (exact) mass is 534 g/mol. The van der Waals surface area contributed by atoms with Crippen molar-refractivity contribution in [1.82, 2.24) is 15.5 Å². The van der Waals surface area contributed by atoms with Gasteiger partial charge in [-0.2, -0.15) is 0 Å². The third-order valence-electron chi connectivity index (χ3n) is 4.62. The number of guanidine groups is 1. The lowest BCUT2D eigenvalue weighted by Crippen LogP contribution is -2.42. The second-order valence-corrected chi connectivity index (χ2v) is 8.35. The molecule has 3 rings (SSSR count). The van der Waals surface area contributed by atoms with Crippen LogP contribution in [0.1, 0.15) is 29.0 Å². The lowest BCUT2D eigenvalue weighted by atomic mass is 10.00. The number of thiophene rings is 1. The highest BCUT2D eigenvalue weighted by molar-refractivity contribution is 14.0. The molecule has 1 aromatic heterocycles. The summed E-state index contributed by atoms with van der Waals surface area (Å²) in [5.41, 5.74) is 2.90. The summed E-state index contributed by atoms with van der Waals surface area (Å²) < 4.78 is 0.682. The first kappa shape index (κ1) is 23.4. The molecule has 2 heterocycles. The van der Waals surface area contributed by atoms with Gasteiger partial charge in [-0.25, -0.2) is 0 Å². The van der Waals surface area contributed by atoms with Crippen molar-refractivity contribution in [1.29, 1.82) is 0 Å². The van der Waals surface area contributed by atoms with Crippen molar-refractivity contribution in [3.8, 4) is 0 Å². The van der Waals surface area contributed by atoms with Crippen LogP contribution in [0.3, 0.4) is 0 Å². The molecule has 0 aliphatic carbocycles. The van der Waals surface area contributed by atoms with Gasteiger partial charge < -0.3 is 15.7 Å². The van der Waals surface area contributed by atoms with Gasteiger partial charge in [-0.15, -0.1) is 35.3 Å². The Morgan fingerprint density at radius 2 is 2.04 bits per heavy atom. The zero-order chi connectivity index (χ0) is 19.1. The van der Waals surface area contributed by atoms with E-state index in [1.54, 1.807) is 6.07 Å². The molecule has 1 aromatic carbocycles. The summed E-state index contributed by atoms with van der Waals surface area (Å²) in [7, 11) is 0. The fourth-order valence-corrected chi connectivity index (χ4v) is 4.23.